The average molecular weight is 679 g/mol. The minimum atomic E-state index is -5.22. The number of aromatic hydroxyl groups is 1. The third kappa shape index (κ3) is 8.04. The number of phenolic OH excluding ortho intramolecular Hbond substituents is 1. The molecule has 14 heteroatoms. The second-order valence-electron chi connectivity index (χ2n) is 10.1. The molecule has 1 heterocycles. The quantitative estimate of drug-likeness (QED) is 0.0639. The van der Waals surface area contributed by atoms with Crippen molar-refractivity contribution in [3.8, 4) is 11.4 Å². The average Bonchev–Trinajstić information content (AvgIpc) is 3.02. The van der Waals surface area contributed by atoms with Crippen LogP contribution in [0.4, 0.5) is 5.69 Å². The summed E-state index contributed by atoms with van der Waals surface area (Å²) >= 11 is -5.22. The first kappa shape index (κ1) is 33.1. The summed E-state index contributed by atoms with van der Waals surface area (Å²) in [5.41, 5.74) is 9.54. The number of nitrogens with zero attached hydrogens (tertiary/aromatic N) is 1. The molecule has 2 atom stereocenters. The molecule has 1 aromatic heterocycles. The van der Waals surface area contributed by atoms with Gasteiger partial charge in [0.15, 0.2) is 5.78 Å². The predicted octanol–water partition coefficient (Wildman–Crippen LogP) is 1.98. The zero-order valence-electron chi connectivity index (χ0n) is 24.3. The fraction of sp³-hybridized carbons (Fsp3) is 0.161. The van der Waals surface area contributed by atoms with E-state index < -0.39 is 37.6 Å². The third-order valence-corrected chi connectivity index (χ3v) is 9.78. The second-order valence-corrected chi connectivity index (χ2v) is 14.0. The van der Waals surface area contributed by atoms with E-state index in [9.17, 15) is 33.3 Å². The van der Waals surface area contributed by atoms with E-state index in [0.29, 0.717) is 17.7 Å². The van der Waals surface area contributed by atoms with Crippen LogP contribution in [0.5, 0.6) is 5.75 Å². The number of amides is 2. The number of hydrogen-bond donors (Lipinski definition) is 5. The van der Waals surface area contributed by atoms with E-state index in [-0.39, 0.29) is 39.2 Å². The van der Waals surface area contributed by atoms with E-state index in [1.165, 1.54) is 54.0 Å². The first-order valence-electron chi connectivity index (χ1n) is 13.6. The number of nitrogens with one attached hydrogen (secondary N) is 2. The summed E-state index contributed by atoms with van der Waals surface area (Å²) < 4.78 is 23.5. The standard InChI is InChI=1S/C31H31AsN4O9/c1-19(37)27-18-26(39)13-11-22(27)16-28(33)30(40)34-29-14-12-25(15-21-7-4-3-5-8-21)36(31(29)41)24-10-6-9-23(17-24)32(42,45-43)44-35-20(2)38/h3-14,17-18,28,39,43H,15-16,33H2,1-2H3,(H,34,40)(H,35,38). The van der Waals surface area contributed by atoms with Gasteiger partial charge in [0.2, 0.25) is 0 Å². The van der Waals surface area contributed by atoms with Crippen LogP contribution in [-0.4, -0.2) is 52.7 Å². The van der Waals surface area contributed by atoms with Gasteiger partial charge in [-0.15, -0.1) is 0 Å². The van der Waals surface area contributed by atoms with Gasteiger partial charge in [0, 0.05) is 0 Å². The number of nitrogens with two attached hydrogens (primary N) is 1. The molecule has 6 N–H and O–H groups in total. The van der Waals surface area contributed by atoms with Crippen molar-refractivity contribution in [2.45, 2.75) is 32.7 Å². The number of phenols is 1. The number of aromatic nitrogens is 1. The number of ketones is 1. The van der Waals surface area contributed by atoms with Gasteiger partial charge in [-0.1, -0.05) is 0 Å². The first-order chi connectivity index (χ1) is 21.4. The fourth-order valence-corrected chi connectivity index (χ4v) is 6.75. The van der Waals surface area contributed by atoms with Crippen LogP contribution in [-0.2, 0) is 33.9 Å². The van der Waals surface area contributed by atoms with Crippen molar-refractivity contribution in [1.29, 1.82) is 0 Å². The van der Waals surface area contributed by atoms with Crippen molar-refractivity contribution >= 4 is 41.8 Å². The molecule has 4 aromatic rings. The van der Waals surface area contributed by atoms with E-state index in [1.54, 1.807) is 12.1 Å². The summed E-state index contributed by atoms with van der Waals surface area (Å²) in [5, 5.41) is 21.7. The van der Waals surface area contributed by atoms with Crippen LogP contribution in [0.3, 0.4) is 0 Å². The van der Waals surface area contributed by atoms with Crippen LogP contribution in [0.25, 0.3) is 5.69 Å². The van der Waals surface area contributed by atoms with Gasteiger partial charge in [-0.25, -0.2) is 0 Å². The molecular formula is C31H31AsN4O9. The molecule has 45 heavy (non-hydrogen) atoms. The first-order valence-corrected chi connectivity index (χ1v) is 16.8. The topological polar surface area (TPSA) is 199 Å². The number of rotatable bonds is 12. The van der Waals surface area contributed by atoms with Gasteiger partial charge in [0.05, 0.1) is 0 Å². The molecule has 0 fully saturated rings. The zero-order chi connectivity index (χ0) is 32.7. The maximum absolute atomic E-state index is 13.9. The van der Waals surface area contributed by atoms with Gasteiger partial charge in [0.1, 0.15) is 5.75 Å². The predicted molar refractivity (Wildman–Crippen MR) is 164 cm³/mol. The Morgan fingerprint density at radius 3 is 2.38 bits per heavy atom. The summed E-state index contributed by atoms with van der Waals surface area (Å²) in [5.74, 6) is -1.80. The van der Waals surface area contributed by atoms with Crippen LogP contribution >= 0.6 is 0 Å². The number of anilines is 1. The van der Waals surface area contributed by atoms with E-state index in [0.717, 1.165) is 12.5 Å². The van der Waals surface area contributed by atoms with Crippen molar-refractivity contribution in [3.05, 3.63) is 118 Å². The maximum atomic E-state index is 13.9. The van der Waals surface area contributed by atoms with Gasteiger partial charge in [-0.05, 0) is 19.1 Å². The minimum absolute atomic E-state index is 0.0455. The second kappa shape index (κ2) is 14.3. The molecule has 3 aromatic carbocycles. The summed E-state index contributed by atoms with van der Waals surface area (Å²) in [6.07, 6.45) is 0.250. The Morgan fingerprint density at radius 1 is 0.978 bits per heavy atom. The van der Waals surface area contributed by atoms with Gasteiger partial charge in [-0.3, -0.25) is 4.79 Å². The van der Waals surface area contributed by atoms with Crippen molar-refractivity contribution in [3.63, 3.8) is 0 Å². The van der Waals surface area contributed by atoms with E-state index in [1.807, 2.05) is 35.8 Å². The van der Waals surface area contributed by atoms with Crippen molar-refractivity contribution in [1.82, 2.24) is 10.0 Å². The number of carbonyl (C=O) groups excluding carboxylic acids is 3. The van der Waals surface area contributed by atoms with E-state index in [2.05, 4.69) is 9.19 Å². The summed E-state index contributed by atoms with van der Waals surface area (Å²) in [7, 11) is 0. The molecule has 0 aliphatic heterocycles. The van der Waals surface area contributed by atoms with Gasteiger partial charge < -0.3 is 5.11 Å². The number of hydrogen-bond acceptors (Lipinski definition) is 10. The van der Waals surface area contributed by atoms with E-state index in [4.69, 9.17) is 9.56 Å². The van der Waals surface area contributed by atoms with Crippen molar-refractivity contribution in [2.24, 2.45) is 5.73 Å². The number of Topliss-reactive ketones (excluding diaryl/α,β-unsaturated/α-hetero) is 1. The Labute approximate surface area is 260 Å². The molecule has 13 nitrogen and oxygen atoms in total. The van der Waals surface area contributed by atoms with Gasteiger partial charge in [-0.2, -0.15) is 0 Å². The third-order valence-electron chi connectivity index (χ3n) is 6.72. The van der Waals surface area contributed by atoms with Crippen LogP contribution in [0.15, 0.2) is 89.7 Å². The summed E-state index contributed by atoms with van der Waals surface area (Å²) in [4.78, 5) is 50.4. The monoisotopic (exact) mass is 678 g/mol. The molecular weight excluding hydrogens is 647 g/mol. The Hall–Kier alpha value is -4.78. The number of pyridine rings is 1. The Balaban J connectivity index is 1.72. The number of benzene rings is 3. The van der Waals surface area contributed by atoms with Crippen molar-refractivity contribution in [2.75, 3.05) is 5.32 Å². The van der Waals surface area contributed by atoms with Crippen LogP contribution in [0.1, 0.15) is 41.0 Å². The molecule has 2 unspecified atom stereocenters. The Kier molecular flexibility index (Phi) is 10.5. The van der Waals surface area contributed by atoms with Crippen LogP contribution in [0, 0.1) is 0 Å². The van der Waals surface area contributed by atoms with Crippen LogP contribution < -0.4 is 26.4 Å². The summed E-state index contributed by atoms with van der Waals surface area (Å²) in [6, 6.07) is 21.0. The molecule has 4 rings (SSSR count). The Bertz CT molecular complexity index is 1840. The fourth-order valence-electron chi connectivity index (χ4n) is 4.57. The number of hydroxylamine groups is 1. The molecule has 0 saturated heterocycles. The molecule has 0 aliphatic carbocycles. The summed E-state index contributed by atoms with van der Waals surface area (Å²) in [6.45, 7) is 2.44. The van der Waals surface area contributed by atoms with Crippen LogP contribution in [0.2, 0.25) is 0 Å². The molecule has 0 saturated carbocycles. The molecule has 234 valence electrons. The van der Waals surface area contributed by atoms with Crippen molar-refractivity contribution < 1.29 is 36.2 Å². The van der Waals surface area contributed by atoms with Gasteiger partial charge in [0.25, 0.3) is 0 Å². The SMILES string of the molecule is CC(=O)NO[As](=O)(OO)c1cccc(-n2c(Cc3ccccc3)ccc(NC(=O)C(N)Cc3ccc(O)cc3C(C)=O)c2=O)c1. The number of carbonyl (C=O) groups is 3. The zero-order valence-corrected chi connectivity index (χ0v) is 26.2. The molecule has 2 amide bonds. The van der Waals surface area contributed by atoms with Gasteiger partial charge >= 0.3 is 220 Å². The molecule has 0 spiro atoms. The molecule has 0 aliphatic rings. The molecule has 0 bridgehead atoms. The van der Waals surface area contributed by atoms with E-state index >= 15 is 0 Å². The normalized spacial score (nSPS) is 13.0. The Morgan fingerprint density at radius 2 is 1.71 bits per heavy atom. The molecule has 0 radical (unpaired) electrons.